The standard InChI is InChI=1S/C20H32N4O3/c1-15-8-10-24(11-9-15)17-7-6-16(12-21-17)13-22-18(25)14-23(5)19(26)27-20(2,3)4/h6-7,12,15H,8-11,13-14H2,1-5H3,(H,22,25). The lowest BCUT2D eigenvalue weighted by atomic mass is 9.99. The molecule has 1 aromatic heterocycles. The molecule has 0 radical (unpaired) electrons. The molecule has 2 heterocycles. The Kier molecular flexibility index (Phi) is 7.05. The van der Waals surface area contributed by atoms with Crippen LogP contribution in [0.2, 0.25) is 0 Å². The van der Waals surface area contributed by atoms with E-state index in [-0.39, 0.29) is 12.5 Å². The molecule has 0 aromatic carbocycles. The maximum atomic E-state index is 12.1. The second-order valence-corrected chi connectivity index (χ2v) is 8.31. The summed E-state index contributed by atoms with van der Waals surface area (Å²) in [4.78, 5) is 32.0. The molecule has 1 aliphatic rings. The van der Waals surface area contributed by atoms with Gasteiger partial charge in [-0.15, -0.1) is 0 Å². The predicted molar refractivity (Wildman–Crippen MR) is 106 cm³/mol. The molecule has 0 saturated carbocycles. The Morgan fingerprint density at radius 3 is 2.52 bits per heavy atom. The fourth-order valence-electron chi connectivity index (χ4n) is 2.82. The number of likely N-dealkylation sites (N-methyl/N-ethyl adjacent to an activating group) is 1. The summed E-state index contributed by atoms with van der Waals surface area (Å²) in [5.74, 6) is 1.54. The minimum absolute atomic E-state index is 0.0492. The van der Waals surface area contributed by atoms with Gasteiger partial charge in [0.2, 0.25) is 5.91 Å². The van der Waals surface area contributed by atoms with Crippen LogP contribution in [0.3, 0.4) is 0 Å². The van der Waals surface area contributed by atoms with Crippen LogP contribution >= 0.6 is 0 Å². The van der Waals surface area contributed by atoms with Crippen molar-refractivity contribution in [3.63, 3.8) is 0 Å². The maximum absolute atomic E-state index is 12.1. The third kappa shape index (κ3) is 7.07. The van der Waals surface area contributed by atoms with Gasteiger partial charge < -0.3 is 19.9 Å². The smallest absolute Gasteiger partial charge is 0.410 e. The first-order chi connectivity index (χ1) is 12.6. The predicted octanol–water partition coefficient (Wildman–Crippen LogP) is 2.80. The Morgan fingerprint density at radius 2 is 1.96 bits per heavy atom. The number of pyridine rings is 1. The summed E-state index contributed by atoms with van der Waals surface area (Å²) >= 11 is 0. The summed E-state index contributed by atoms with van der Waals surface area (Å²) < 4.78 is 5.23. The number of aromatic nitrogens is 1. The average Bonchev–Trinajstić information content (AvgIpc) is 2.59. The molecule has 150 valence electrons. The van der Waals surface area contributed by atoms with Crippen molar-refractivity contribution in [2.24, 2.45) is 5.92 Å². The molecular weight excluding hydrogens is 344 g/mol. The zero-order valence-corrected chi connectivity index (χ0v) is 17.1. The van der Waals surface area contributed by atoms with Crippen molar-refractivity contribution in [2.75, 3.05) is 31.6 Å². The summed E-state index contributed by atoms with van der Waals surface area (Å²) in [6.45, 7) is 10.1. The highest BCUT2D eigenvalue weighted by atomic mass is 16.6. The van der Waals surface area contributed by atoms with E-state index in [1.807, 2.05) is 12.1 Å². The first-order valence-electron chi connectivity index (χ1n) is 9.55. The van der Waals surface area contributed by atoms with E-state index in [0.29, 0.717) is 6.54 Å². The number of hydrogen-bond donors (Lipinski definition) is 1. The third-order valence-electron chi connectivity index (χ3n) is 4.49. The van der Waals surface area contributed by atoms with Gasteiger partial charge in [-0.3, -0.25) is 4.79 Å². The van der Waals surface area contributed by atoms with Crippen LogP contribution in [0, 0.1) is 5.92 Å². The lowest BCUT2D eigenvalue weighted by Gasteiger charge is -2.31. The molecule has 2 amide bonds. The van der Waals surface area contributed by atoms with Gasteiger partial charge in [0, 0.05) is 32.9 Å². The molecule has 1 aromatic rings. The number of rotatable bonds is 5. The lowest BCUT2D eigenvalue weighted by Crippen LogP contribution is -2.40. The van der Waals surface area contributed by atoms with Gasteiger partial charge in [0.15, 0.2) is 0 Å². The van der Waals surface area contributed by atoms with Crippen molar-refractivity contribution in [1.29, 1.82) is 0 Å². The van der Waals surface area contributed by atoms with Crippen LogP contribution in [0.4, 0.5) is 10.6 Å². The number of ether oxygens (including phenoxy) is 1. The number of carbonyl (C=O) groups excluding carboxylic acids is 2. The van der Waals surface area contributed by atoms with Crippen molar-refractivity contribution >= 4 is 17.8 Å². The van der Waals surface area contributed by atoms with E-state index in [1.54, 1.807) is 34.0 Å². The fraction of sp³-hybridized carbons (Fsp3) is 0.650. The number of anilines is 1. The summed E-state index contributed by atoms with van der Waals surface area (Å²) in [5.41, 5.74) is 0.346. The molecule has 0 spiro atoms. The van der Waals surface area contributed by atoms with Crippen LogP contribution in [0.15, 0.2) is 18.3 Å². The molecule has 7 nitrogen and oxygen atoms in total. The summed E-state index contributed by atoms with van der Waals surface area (Å²) in [6.07, 6.45) is 3.68. The van der Waals surface area contributed by atoms with E-state index in [9.17, 15) is 9.59 Å². The van der Waals surface area contributed by atoms with Crippen molar-refractivity contribution in [3.05, 3.63) is 23.9 Å². The van der Waals surface area contributed by atoms with E-state index >= 15 is 0 Å². The van der Waals surface area contributed by atoms with E-state index in [4.69, 9.17) is 4.74 Å². The lowest BCUT2D eigenvalue weighted by molar-refractivity contribution is -0.122. The van der Waals surface area contributed by atoms with Crippen LogP contribution in [0.25, 0.3) is 0 Å². The number of piperidine rings is 1. The number of nitrogens with one attached hydrogen (secondary N) is 1. The van der Waals surface area contributed by atoms with Crippen LogP contribution in [0.5, 0.6) is 0 Å². The van der Waals surface area contributed by atoms with Crippen LogP contribution in [-0.4, -0.2) is 54.2 Å². The van der Waals surface area contributed by atoms with Crippen molar-refractivity contribution in [1.82, 2.24) is 15.2 Å². The zero-order chi connectivity index (χ0) is 20.0. The SMILES string of the molecule is CC1CCN(c2ccc(CNC(=O)CN(C)C(=O)OC(C)(C)C)cn2)CC1. The average molecular weight is 377 g/mol. The third-order valence-corrected chi connectivity index (χ3v) is 4.49. The monoisotopic (exact) mass is 376 g/mol. The minimum atomic E-state index is -0.582. The van der Waals surface area contributed by atoms with E-state index in [0.717, 1.165) is 30.4 Å². The van der Waals surface area contributed by atoms with Crippen LogP contribution in [-0.2, 0) is 16.1 Å². The Labute approximate surface area is 162 Å². The highest BCUT2D eigenvalue weighted by molar-refractivity contribution is 5.82. The highest BCUT2D eigenvalue weighted by Crippen LogP contribution is 2.21. The van der Waals surface area contributed by atoms with Gasteiger partial charge in [-0.2, -0.15) is 0 Å². The van der Waals surface area contributed by atoms with Crippen LogP contribution < -0.4 is 10.2 Å². The number of hydrogen-bond acceptors (Lipinski definition) is 5. The topological polar surface area (TPSA) is 74.8 Å². The van der Waals surface area contributed by atoms with Gasteiger partial charge in [-0.05, 0) is 51.2 Å². The molecule has 1 N–H and O–H groups in total. The van der Waals surface area contributed by atoms with E-state index in [2.05, 4.69) is 22.1 Å². The Hall–Kier alpha value is -2.31. The summed E-state index contributed by atoms with van der Waals surface area (Å²) in [7, 11) is 1.55. The van der Waals surface area contributed by atoms with E-state index in [1.165, 1.54) is 17.7 Å². The van der Waals surface area contributed by atoms with Crippen molar-refractivity contribution < 1.29 is 14.3 Å². The van der Waals surface area contributed by atoms with E-state index < -0.39 is 11.7 Å². The molecule has 7 heteroatoms. The highest BCUT2D eigenvalue weighted by Gasteiger charge is 2.21. The fourth-order valence-corrected chi connectivity index (χ4v) is 2.82. The van der Waals surface area contributed by atoms with Crippen LogP contribution in [0.1, 0.15) is 46.1 Å². The van der Waals surface area contributed by atoms with Gasteiger partial charge in [-0.25, -0.2) is 9.78 Å². The second-order valence-electron chi connectivity index (χ2n) is 8.31. The molecule has 2 rings (SSSR count). The quantitative estimate of drug-likeness (QED) is 0.855. The molecule has 0 atom stereocenters. The molecule has 27 heavy (non-hydrogen) atoms. The van der Waals surface area contributed by atoms with Crippen molar-refractivity contribution in [3.8, 4) is 0 Å². The molecule has 1 saturated heterocycles. The Morgan fingerprint density at radius 1 is 1.30 bits per heavy atom. The maximum Gasteiger partial charge on any atom is 0.410 e. The molecule has 1 aliphatic heterocycles. The molecular formula is C20H32N4O3. The molecule has 0 aliphatic carbocycles. The summed E-state index contributed by atoms with van der Waals surface area (Å²) in [5, 5.41) is 2.81. The first-order valence-corrected chi connectivity index (χ1v) is 9.55. The van der Waals surface area contributed by atoms with Gasteiger partial charge in [0.1, 0.15) is 18.0 Å². The molecule has 0 bridgehead atoms. The largest absolute Gasteiger partial charge is 0.444 e. The number of nitrogens with zero attached hydrogens (tertiary/aromatic N) is 3. The van der Waals surface area contributed by atoms with Crippen molar-refractivity contribution in [2.45, 2.75) is 52.7 Å². The minimum Gasteiger partial charge on any atom is -0.444 e. The number of carbonyl (C=O) groups is 2. The first kappa shape index (κ1) is 21.0. The van der Waals surface area contributed by atoms with Gasteiger partial charge in [-0.1, -0.05) is 13.0 Å². The van der Waals surface area contributed by atoms with Gasteiger partial charge in [0.25, 0.3) is 0 Å². The van der Waals surface area contributed by atoms with Gasteiger partial charge in [0.05, 0.1) is 0 Å². The zero-order valence-electron chi connectivity index (χ0n) is 17.1. The Balaban J connectivity index is 1.77. The normalized spacial score (nSPS) is 15.4. The molecule has 1 fully saturated rings. The number of amides is 2. The van der Waals surface area contributed by atoms with Gasteiger partial charge >= 0.3 is 6.09 Å². The Bertz CT molecular complexity index is 632. The summed E-state index contributed by atoms with van der Waals surface area (Å²) in [6, 6.07) is 3.99. The molecule has 0 unspecified atom stereocenters. The second kappa shape index (κ2) is 9.06.